The minimum Gasteiger partial charge on any atom is -0.497 e. The molecule has 0 fully saturated rings. The van der Waals surface area contributed by atoms with Crippen LogP contribution in [0.3, 0.4) is 0 Å². The van der Waals surface area contributed by atoms with Crippen LogP contribution in [0.5, 0.6) is 11.5 Å². The third kappa shape index (κ3) is 2.74. The maximum Gasteiger partial charge on any atom is 0.261 e. The van der Waals surface area contributed by atoms with Gasteiger partial charge in [0.1, 0.15) is 17.1 Å². The van der Waals surface area contributed by atoms with Crippen molar-refractivity contribution >= 4 is 28.9 Å². The maximum atomic E-state index is 12.8. The van der Waals surface area contributed by atoms with E-state index in [0.29, 0.717) is 17.1 Å². The van der Waals surface area contributed by atoms with Crippen LogP contribution in [0.1, 0.15) is 23.2 Å². The molecule has 2 heterocycles. The van der Waals surface area contributed by atoms with Crippen molar-refractivity contribution in [2.75, 3.05) is 14.2 Å². The number of allylic oxidation sites excluding steroid dienone is 1. The number of aromatic nitrogens is 2. The van der Waals surface area contributed by atoms with Crippen molar-refractivity contribution < 1.29 is 9.47 Å². The summed E-state index contributed by atoms with van der Waals surface area (Å²) in [6.45, 7) is 0. The Morgan fingerprint density at radius 2 is 2.00 bits per heavy atom. The molecule has 0 spiro atoms. The predicted molar refractivity (Wildman–Crippen MR) is 102 cm³/mol. The summed E-state index contributed by atoms with van der Waals surface area (Å²) < 4.78 is 12.2. The van der Waals surface area contributed by atoms with Crippen LogP contribution >= 0.6 is 11.6 Å². The van der Waals surface area contributed by atoms with Gasteiger partial charge in [-0.3, -0.25) is 9.20 Å². The number of ether oxygens (including phenoxy) is 2. The molecule has 0 bridgehead atoms. The highest BCUT2D eigenvalue weighted by Crippen LogP contribution is 2.34. The summed E-state index contributed by atoms with van der Waals surface area (Å²) >= 11 is 6.01. The van der Waals surface area contributed by atoms with Gasteiger partial charge < -0.3 is 9.47 Å². The number of hydrogen-bond acceptors (Lipinski definition) is 4. The minimum absolute atomic E-state index is 0.0578. The largest absolute Gasteiger partial charge is 0.497 e. The number of fused-ring (bicyclic) bond motifs is 2. The summed E-state index contributed by atoms with van der Waals surface area (Å²) in [4.78, 5) is 17.5. The van der Waals surface area contributed by atoms with Crippen LogP contribution in [0, 0.1) is 0 Å². The van der Waals surface area contributed by atoms with Crippen LogP contribution in [0.2, 0.25) is 5.02 Å². The van der Waals surface area contributed by atoms with Crippen molar-refractivity contribution in [3.8, 4) is 11.5 Å². The molecule has 1 aliphatic carbocycles. The zero-order chi connectivity index (χ0) is 18.3. The van der Waals surface area contributed by atoms with E-state index in [1.165, 1.54) is 4.40 Å². The number of halogens is 1. The normalized spacial score (nSPS) is 14.7. The summed E-state index contributed by atoms with van der Waals surface area (Å²) in [5, 5.41) is 0.512. The van der Waals surface area contributed by atoms with Crippen LogP contribution in [0.15, 0.2) is 41.3 Å². The fourth-order valence-corrected chi connectivity index (χ4v) is 3.44. The standard InChI is InChI=1S/C20H17ClN2O3/c1-25-15-6-3-12(17(10-15)26-2)9-13-4-7-16-19(13)22-18-8-5-14(21)11-23(18)20(16)24/h3,5-6,8-11H,4,7H2,1-2H3/b13-9-. The topological polar surface area (TPSA) is 52.8 Å². The average Bonchev–Trinajstić information content (AvgIpc) is 3.06. The molecule has 0 saturated heterocycles. The number of methoxy groups -OCH3 is 2. The van der Waals surface area contributed by atoms with Gasteiger partial charge >= 0.3 is 0 Å². The number of rotatable bonds is 3. The van der Waals surface area contributed by atoms with E-state index in [0.717, 1.165) is 40.3 Å². The number of nitrogens with zero attached hydrogens (tertiary/aromatic N) is 2. The quantitative estimate of drug-likeness (QED) is 0.704. The van der Waals surface area contributed by atoms with E-state index in [4.69, 9.17) is 26.1 Å². The van der Waals surface area contributed by atoms with Crippen molar-refractivity contribution in [1.29, 1.82) is 0 Å². The third-order valence-electron chi connectivity index (χ3n) is 4.60. The Labute approximate surface area is 155 Å². The molecule has 4 rings (SSSR count). The Hall–Kier alpha value is -2.79. The van der Waals surface area contributed by atoms with E-state index in [9.17, 15) is 4.79 Å². The van der Waals surface area contributed by atoms with E-state index in [1.807, 2.05) is 24.3 Å². The van der Waals surface area contributed by atoms with E-state index in [-0.39, 0.29) is 5.56 Å². The molecule has 0 aliphatic heterocycles. The first-order valence-corrected chi connectivity index (χ1v) is 8.62. The van der Waals surface area contributed by atoms with Gasteiger partial charge in [0.05, 0.1) is 24.9 Å². The summed E-state index contributed by atoms with van der Waals surface area (Å²) in [5.74, 6) is 1.45. The molecule has 2 aromatic heterocycles. The maximum absolute atomic E-state index is 12.8. The average molecular weight is 369 g/mol. The van der Waals surface area contributed by atoms with Crippen molar-refractivity contribution in [2.45, 2.75) is 12.8 Å². The Morgan fingerprint density at radius 3 is 2.77 bits per heavy atom. The van der Waals surface area contributed by atoms with Gasteiger partial charge in [-0.15, -0.1) is 0 Å². The third-order valence-corrected chi connectivity index (χ3v) is 4.82. The zero-order valence-corrected chi connectivity index (χ0v) is 15.2. The summed E-state index contributed by atoms with van der Waals surface area (Å²) in [6, 6.07) is 9.16. The van der Waals surface area contributed by atoms with Crippen LogP contribution in [0.25, 0.3) is 17.3 Å². The SMILES string of the molecule is COc1ccc(/C=C2/CCc3c2nc2ccc(Cl)cn2c3=O)c(OC)c1. The van der Waals surface area contributed by atoms with Gasteiger partial charge in [0.2, 0.25) is 0 Å². The highest BCUT2D eigenvalue weighted by molar-refractivity contribution is 6.30. The van der Waals surface area contributed by atoms with E-state index in [2.05, 4.69) is 0 Å². The molecule has 0 atom stereocenters. The summed E-state index contributed by atoms with van der Waals surface area (Å²) in [7, 11) is 3.25. The Morgan fingerprint density at radius 1 is 1.15 bits per heavy atom. The molecule has 0 N–H and O–H groups in total. The first-order chi connectivity index (χ1) is 12.6. The van der Waals surface area contributed by atoms with Crippen molar-refractivity contribution in [3.05, 3.63) is 68.7 Å². The summed E-state index contributed by atoms with van der Waals surface area (Å²) in [5.41, 5.74) is 3.97. The smallest absolute Gasteiger partial charge is 0.261 e. The fraction of sp³-hybridized carbons (Fsp3) is 0.200. The molecule has 5 nitrogen and oxygen atoms in total. The molecule has 1 aliphatic rings. The first kappa shape index (κ1) is 16.7. The lowest BCUT2D eigenvalue weighted by molar-refractivity contribution is 0.394. The van der Waals surface area contributed by atoms with Gasteiger partial charge in [0.15, 0.2) is 0 Å². The van der Waals surface area contributed by atoms with Crippen LogP contribution in [0.4, 0.5) is 0 Å². The van der Waals surface area contributed by atoms with Crippen LogP contribution < -0.4 is 15.0 Å². The zero-order valence-electron chi connectivity index (χ0n) is 14.5. The van der Waals surface area contributed by atoms with Gasteiger partial charge in [0.25, 0.3) is 5.56 Å². The van der Waals surface area contributed by atoms with Crippen LogP contribution in [-0.4, -0.2) is 23.6 Å². The van der Waals surface area contributed by atoms with E-state index < -0.39 is 0 Å². The second kappa shape index (κ2) is 6.50. The molecular formula is C20H17ClN2O3. The molecule has 0 amide bonds. The van der Waals surface area contributed by atoms with Crippen molar-refractivity contribution in [1.82, 2.24) is 9.38 Å². The Balaban J connectivity index is 1.86. The lowest BCUT2D eigenvalue weighted by atomic mass is 10.1. The van der Waals surface area contributed by atoms with Crippen molar-refractivity contribution in [2.24, 2.45) is 0 Å². The Kier molecular flexibility index (Phi) is 4.17. The molecule has 0 saturated carbocycles. The van der Waals surface area contributed by atoms with Crippen LogP contribution in [-0.2, 0) is 6.42 Å². The molecule has 0 radical (unpaired) electrons. The first-order valence-electron chi connectivity index (χ1n) is 8.24. The number of hydrogen-bond donors (Lipinski definition) is 0. The molecule has 6 heteroatoms. The number of benzene rings is 1. The van der Waals surface area contributed by atoms with Gasteiger partial charge in [-0.05, 0) is 48.8 Å². The van der Waals surface area contributed by atoms with Gasteiger partial charge in [0, 0.05) is 23.4 Å². The molecule has 3 aromatic rings. The molecule has 1 aromatic carbocycles. The molecule has 26 heavy (non-hydrogen) atoms. The minimum atomic E-state index is -0.0578. The van der Waals surface area contributed by atoms with E-state index >= 15 is 0 Å². The highest BCUT2D eigenvalue weighted by atomic mass is 35.5. The summed E-state index contributed by atoms with van der Waals surface area (Å²) in [6.07, 6.45) is 5.07. The lowest BCUT2D eigenvalue weighted by Gasteiger charge is -2.09. The Bertz CT molecular complexity index is 1100. The predicted octanol–water partition coefficient (Wildman–Crippen LogP) is 3.85. The highest BCUT2D eigenvalue weighted by Gasteiger charge is 2.23. The molecule has 0 unspecified atom stereocenters. The van der Waals surface area contributed by atoms with Gasteiger partial charge in [-0.25, -0.2) is 4.98 Å². The van der Waals surface area contributed by atoms with Gasteiger partial charge in [-0.1, -0.05) is 11.6 Å². The molecular weight excluding hydrogens is 352 g/mol. The fourth-order valence-electron chi connectivity index (χ4n) is 3.28. The van der Waals surface area contributed by atoms with E-state index in [1.54, 1.807) is 32.5 Å². The monoisotopic (exact) mass is 368 g/mol. The number of pyridine rings is 1. The second-order valence-electron chi connectivity index (χ2n) is 6.10. The van der Waals surface area contributed by atoms with Crippen molar-refractivity contribution in [3.63, 3.8) is 0 Å². The second-order valence-corrected chi connectivity index (χ2v) is 6.53. The lowest BCUT2D eigenvalue weighted by Crippen LogP contribution is -2.19. The molecule has 132 valence electrons. The van der Waals surface area contributed by atoms with Gasteiger partial charge in [-0.2, -0.15) is 0 Å².